The number of hydrogen-bond acceptors (Lipinski definition) is 13. The Morgan fingerprint density at radius 2 is 0.965 bits per heavy atom. The molecule has 25 heteroatoms. The molecule has 10 rings (SSSR count). The second-order valence-electron chi connectivity index (χ2n) is 24.0. The molecule has 3 aliphatic heterocycles. The van der Waals surface area contributed by atoms with Gasteiger partial charge in [-0.3, -0.25) is 33.9 Å². The molecule has 0 radical (unpaired) electrons. The van der Waals surface area contributed by atoms with Crippen molar-refractivity contribution in [2.24, 2.45) is 0 Å². The molecule has 0 saturated carbocycles. The minimum Gasteiger partial charge on any atom is -0.405 e. The number of nitrogens with one attached hydrogen (secondary N) is 2. The lowest BCUT2D eigenvalue weighted by Gasteiger charge is -2.32. The van der Waals surface area contributed by atoms with Crippen LogP contribution < -0.4 is 5.46 Å². The van der Waals surface area contributed by atoms with Crippen LogP contribution in [0.2, 0.25) is 0 Å². The molecule has 3 aliphatic rings. The standard InChI is InChI=1S/C15H21BN2O2.C12H24B2O4.C9H9BrN2.C9H10BrNO2.C6H6BrNO.C6H7NO.C3H5ClO.2H2/c1-10-8-18-9-12(7-13(18)11(2)17-10)16-19-14(3,4)15(5,6)20-16;1-9(2)10(3,4)16-13(15-9)14-17-11(5,6)12(7,8)18-14;1-6-4-12-5-8(10)3-9(12)7(2)11-6;1-6(12)4-11-5-8(10)3-9(11)7(2)13;1-4(9)6-2-5(7)3-8-6;1-5(8)6-3-2-4-7-6;1-3(5)2-4;;/h7-9H,1-6H3;1-8H3;3-5H,1-2H3;3,5H,4H2,1-2H3;2-3,8H,1H3;2-4,7H,1H3;2H2,1H3;2*1H. The smallest absolute Gasteiger partial charge is 0.405 e. The van der Waals surface area contributed by atoms with Gasteiger partial charge in [0.1, 0.15) is 11.6 Å². The van der Waals surface area contributed by atoms with Crippen LogP contribution in [-0.4, -0.2) is 123 Å². The van der Waals surface area contributed by atoms with E-state index in [1.54, 1.807) is 47.4 Å². The first-order valence-electron chi connectivity index (χ1n) is 27.6. The Balaban J connectivity index is 0.000000357. The van der Waals surface area contributed by atoms with E-state index in [1.165, 1.54) is 34.6 Å². The molecule has 85 heavy (non-hydrogen) atoms. The number of halogens is 4. The monoisotopic (exact) mass is 1390 g/mol. The van der Waals surface area contributed by atoms with E-state index in [0.29, 0.717) is 17.1 Å². The Morgan fingerprint density at radius 1 is 0.541 bits per heavy atom. The van der Waals surface area contributed by atoms with Gasteiger partial charge in [-0.25, -0.2) is 0 Å². The van der Waals surface area contributed by atoms with Crippen LogP contribution in [0, 0.1) is 27.7 Å². The highest BCUT2D eigenvalue weighted by Crippen LogP contribution is 2.43. The maximum absolute atomic E-state index is 11.1. The third-order valence-electron chi connectivity index (χ3n) is 14.9. The molecule has 10 heterocycles. The van der Waals surface area contributed by atoms with Crippen LogP contribution in [0.25, 0.3) is 11.0 Å². The van der Waals surface area contributed by atoms with Crippen LogP contribution in [0.15, 0.2) is 93.2 Å². The van der Waals surface area contributed by atoms with Crippen molar-refractivity contribution in [1.29, 1.82) is 0 Å². The number of alkyl halides is 1. The summed E-state index contributed by atoms with van der Waals surface area (Å²) in [7, 11) is -1.27. The average Bonchev–Trinajstić information content (AvgIpc) is 1.70. The first-order chi connectivity index (χ1) is 39.0. The maximum Gasteiger partial charge on any atom is 0.496 e. The Kier molecular flexibility index (Phi) is 25.2. The van der Waals surface area contributed by atoms with E-state index in [2.05, 4.69) is 123 Å². The largest absolute Gasteiger partial charge is 0.496 e. The Labute approximate surface area is 535 Å². The SMILES string of the molecule is CC(=O)CCl.CC(=O)Cn1cc(Br)cc1C(C)=O.CC(=O)c1cc(Br)c[nH]1.CC(=O)c1ccc[nH]1.CC1(C)OB(B2OC(C)(C)C(C)(C)O2)OC1(C)C.Cc1cn2cc(B3OC(C)(C)C(C)(C)O3)cc2c(C)n1.Cc1cn2cc(Br)cc2c(C)n1.[HH].[HH]. The second kappa shape index (κ2) is 29.5. The first kappa shape index (κ1) is 72.7. The summed E-state index contributed by atoms with van der Waals surface area (Å²) >= 11 is 14.9. The molecule has 464 valence electrons. The fraction of sp³-hybridized carbons (Fsp3) is 0.483. The van der Waals surface area contributed by atoms with E-state index < -0.39 is 14.0 Å². The number of Topliss-reactive ketones (excluding diaryl/α,β-unsaturated/α-hetero) is 5. The number of nitrogens with zero attached hydrogens (tertiary/aromatic N) is 5. The molecule has 3 saturated heterocycles. The molecule has 0 bridgehead atoms. The van der Waals surface area contributed by atoms with Crippen molar-refractivity contribution >= 4 is 126 Å². The third kappa shape index (κ3) is 19.9. The summed E-state index contributed by atoms with van der Waals surface area (Å²) in [6.45, 7) is 40.3. The second-order valence-corrected chi connectivity index (χ2v) is 27.0. The van der Waals surface area contributed by atoms with E-state index >= 15 is 0 Å². The summed E-state index contributed by atoms with van der Waals surface area (Å²) < 4.78 is 44.7. The number of rotatable bonds is 8. The number of fused-ring (bicyclic) bond motifs is 2. The van der Waals surface area contributed by atoms with Gasteiger partial charge in [0.15, 0.2) is 17.3 Å². The number of ketones is 5. The molecule has 7 aromatic rings. The van der Waals surface area contributed by atoms with E-state index in [1.807, 2.05) is 102 Å². The van der Waals surface area contributed by atoms with E-state index in [-0.39, 0.29) is 84.9 Å². The molecule has 0 spiro atoms. The van der Waals surface area contributed by atoms with Crippen molar-refractivity contribution in [3.8, 4) is 0 Å². The average molecular weight is 1390 g/mol. The number of aryl methyl sites for hydroxylation is 4. The zero-order valence-corrected chi connectivity index (χ0v) is 58.4. The van der Waals surface area contributed by atoms with Gasteiger partial charge in [-0.15, -0.1) is 11.6 Å². The van der Waals surface area contributed by atoms with Crippen LogP contribution in [0.4, 0.5) is 0 Å². The van der Waals surface area contributed by atoms with Crippen LogP contribution >= 0.6 is 59.4 Å². The van der Waals surface area contributed by atoms with Gasteiger partial charge in [0, 0.05) is 85.9 Å². The van der Waals surface area contributed by atoms with Crippen LogP contribution in [-0.2, 0) is 44.1 Å². The number of hydrogen-bond donors (Lipinski definition) is 2. The molecular weight excluding hydrogens is 1300 g/mol. The van der Waals surface area contributed by atoms with Crippen molar-refractivity contribution < 1.29 is 54.8 Å². The maximum atomic E-state index is 11.1. The van der Waals surface area contributed by atoms with Crippen molar-refractivity contribution in [3.63, 3.8) is 0 Å². The highest BCUT2D eigenvalue weighted by molar-refractivity contribution is 9.11. The number of aromatic nitrogens is 7. The lowest BCUT2D eigenvalue weighted by Crippen LogP contribution is -2.41. The first-order valence-corrected chi connectivity index (χ1v) is 30.5. The molecule has 0 amide bonds. The third-order valence-corrected chi connectivity index (χ3v) is 16.6. The Morgan fingerprint density at radius 3 is 1.32 bits per heavy atom. The van der Waals surface area contributed by atoms with Crippen molar-refractivity contribution in [3.05, 3.63) is 133 Å². The summed E-state index contributed by atoms with van der Waals surface area (Å²) in [5, 5.41) is 0. The summed E-state index contributed by atoms with van der Waals surface area (Å²) in [4.78, 5) is 67.2. The zero-order chi connectivity index (χ0) is 64.5. The summed E-state index contributed by atoms with van der Waals surface area (Å²) in [5.74, 6) is 0.292. The van der Waals surface area contributed by atoms with E-state index in [0.717, 1.165) is 52.7 Å². The van der Waals surface area contributed by atoms with Crippen molar-refractivity contribution in [2.75, 3.05) is 5.88 Å². The van der Waals surface area contributed by atoms with Gasteiger partial charge in [0.25, 0.3) is 0 Å². The molecule has 0 aromatic carbocycles. The number of aromatic amines is 2. The van der Waals surface area contributed by atoms with Gasteiger partial charge in [0.2, 0.25) is 0 Å². The molecule has 18 nitrogen and oxygen atoms in total. The molecule has 0 atom stereocenters. The fourth-order valence-corrected chi connectivity index (χ4v) is 9.46. The normalized spacial score (nSPS) is 17.1. The van der Waals surface area contributed by atoms with E-state index in [9.17, 15) is 24.0 Å². The van der Waals surface area contributed by atoms with Gasteiger partial charge in [-0.05, 0) is 209 Å². The summed E-state index contributed by atoms with van der Waals surface area (Å²) in [6, 6.07) is 11.2. The van der Waals surface area contributed by atoms with Crippen LogP contribution in [0.5, 0.6) is 0 Å². The number of H-pyrrole nitrogens is 2. The molecular formula is C60H86B3Br3ClN7O11. The molecule has 7 aromatic heterocycles. The van der Waals surface area contributed by atoms with Crippen LogP contribution in [0.3, 0.4) is 0 Å². The summed E-state index contributed by atoms with van der Waals surface area (Å²) in [5.41, 5.74) is 7.25. The van der Waals surface area contributed by atoms with Crippen molar-refractivity contribution in [2.45, 2.75) is 186 Å². The Hall–Kier alpha value is -4.75. The fourth-order valence-electron chi connectivity index (χ4n) is 8.22. The minimum absolute atomic E-state index is 0. The predicted molar refractivity (Wildman–Crippen MR) is 353 cm³/mol. The van der Waals surface area contributed by atoms with E-state index in [4.69, 9.17) is 39.5 Å². The summed E-state index contributed by atoms with van der Waals surface area (Å²) in [6.07, 6.45) is 13.4. The van der Waals surface area contributed by atoms with Gasteiger partial charge in [-0.2, -0.15) is 0 Å². The lowest BCUT2D eigenvalue weighted by molar-refractivity contribution is -0.117. The molecule has 2 N–H and O–H groups in total. The number of carbonyl (C=O) groups excluding carboxylic acids is 5. The van der Waals surface area contributed by atoms with Gasteiger partial charge in [0.05, 0.1) is 96.9 Å². The molecule has 0 unspecified atom stereocenters. The quantitative estimate of drug-likeness (QED) is 0.0824. The van der Waals surface area contributed by atoms with Crippen LogP contribution in [0.1, 0.15) is 175 Å². The number of carbonyl (C=O) groups is 5. The van der Waals surface area contributed by atoms with Gasteiger partial charge >= 0.3 is 21.1 Å². The van der Waals surface area contributed by atoms with Gasteiger partial charge < -0.3 is 51.3 Å². The predicted octanol–water partition coefficient (Wildman–Crippen LogP) is 13.8. The molecule has 0 aliphatic carbocycles. The zero-order valence-electron chi connectivity index (χ0n) is 52.9. The Bertz CT molecular complexity index is 3390. The highest BCUT2D eigenvalue weighted by atomic mass is 79.9. The highest BCUT2D eigenvalue weighted by Gasteiger charge is 2.63. The minimum atomic E-state index is -0.476. The topological polar surface area (TPSA) is 212 Å². The lowest BCUT2D eigenvalue weighted by atomic mass is 9.49. The van der Waals surface area contributed by atoms with Crippen molar-refractivity contribution in [1.82, 2.24) is 33.3 Å². The molecule has 3 fully saturated rings. The van der Waals surface area contributed by atoms with Gasteiger partial charge in [-0.1, -0.05) is 0 Å².